The Balaban J connectivity index is 1.68. The molecule has 1 aromatic carbocycles. The highest BCUT2D eigenvalue weighted by Gasteiger charge is 2.28. The third kappa shape index (κ3) is 6.54. The quantitative estimate of drug-likeness (QED) is 0.692. The number of benzene rings is 1. The third-order valence-corrected chi connectivity index (χ3v) is 6.74. The minimum Gasteiger partial charge on any atom is -0.481 e. The van der Waals surface area contributed by atoms with Crippen LogP contribution in [0.2, 0.25) is 0 Å². The molecule has 1 fully saturated rings. The summed E-state index contributed by atoms with van der Waals surface area (Å²) in [6.45, 7) is 1.49. The van der Waals surface area contributed by atoms with Gasteiger partial charge in [0.05, 0.1) is 17.3 Å². The summed E-state index contributed by atoms with van der Waals surface area (Å²) in [6, 6.07) is 5.21. The Kier molecular flexibility index (Phi) is 6.65. The molecule has 7 nitrogen and oxygen atoms in total. The zero-order chi connectivity index (χ0) is 18.4. The lowest BCUT2D eigenvalue weighted by molar-refractivity contribution is -0.131. The number of hydrazine groups is 1. The minimum atomic E-state index is -2.98. The number of hydrogen-bond acceptors (Lipinski definition) is 6. The number of halogens is 1. The average Bonchev–Trinajstić information content (AvgIpc) is 2.91. The Morgan fingerprint density at radius 3 is 2.60 bits per heavy atom. The van der Waals surface area contributed by atoms with Gasteiger partial charge in [-0.15, -0.1) is 11.8 Å². The molecule has 1 aromatic rings. The van der Waals surface area contributed by atoms with Gasteiger partial charge in [-0.05, 0) is 37.6 Å². The number of nitrogens with one attached hydrogen (secondary N) is 2. The van der Waals surface area contributed by atoms with E-state index in [1.54, 1.807) is 0 Å². The van der Waals surface area contributed by atoms with Gasteiger partial charge in [-0.3, -0.25) is 20.4 Å². The topological polar surface area (TPSA) is 102 Å². The summed E-state index contributed by atoms with van der Waals surface area (Å²) >= 11 is 1.25. The smallest absolute Gasteiger partial charge is 0.279 e. The van der Waals surface area contributed by atoms with Crippen molar-refractivity contribution in [1.82, 2.24) is 10.9 Å². The molecule has 1 saturated heterocycles. The summed E-state index contributed by atoms with van der Waals surface area (Å²) in [6.07, 6.45) is -0.353. The summed E-state index contributed by atoms with van der Waals surface area (Å²) in [7, 11) is -2.98. The fourth-order valence-corrected chi connectivity index (χ4v) is 5.57. The molecule has 0 aliphatic carbocycles. The molecule has 2 amide bonds. The van der Waals surface area contributed by atoms with E-state index in [0.717, 1.165) is 0 Å². The summed E-state index contributed by atoms with van der Waals surface area (Å²) < 4.78 is 40.8. The molecular formula is C15H19FN2O5S2. The first-order chi connectivity index (χ1) is 11.7. The van der Waals surface area contributed by atoms with Gasteiger partial charge in [0.2, 0.25) is 5.91 Å². The molecule has 1 aliphatic heterocycles. The number of carbonyl (C=O) groups is 2. The van der Waals surface area contributed by atoms with Crippen LogP contribution < -0.4 is 15.6 Å². The van der Waals surface area contributed by atoms with Crippen molar-refractivity contribution in [2.75, 3.05) is 17.3 Å². The van der Waals surface area contributed by atoms with Crippen LogP contribution in [-0.2, 0) is 19.4 Å². The fraction of sp³-hybridized carbons (Fsp3) is 0.467. The lowest BCUT2D eigenvalue weighted by atomic mass is 10.3. The van der Waals surface area contributed by atoms with Crippen molar-refractivity contribution < 1.29 is 27.1 Å². The highest BCUT2D eigenvalue weighted by molar-refractivity contribution is 8.02. The first-order valence-electron chi connectivity index (χ1n) is 7.58. The molecule has 0 spiro atoms. The second-order valence-corrected chi connectivity index (χ2v) is 9.10. The Bertz CT molecular complexity index is 724. The van der Waals surface area contributed by atoms with Gasteiger partial charge < -0.3 is 4.74 Å². The number of hydrogen-bond donors (Lipinski definition) is 2. The number of ether oxygens (including phenoxy) is 1. The maximum Gasteiger partial charge on any atom is 0.279 e. The van der Waals surface area contributed by atoms with Gasteiger partial charge in [-0.25, -0.2) is 12.8 Å². The number of thioether (sulfide) groups is 1. The van der Waals surface area contributed by atoms with Gasteiger partial charge in [0, 0.05) is 5.25 Å². The first-order valence-corrected chi connectivity index (χ1v) is 10.4. The van der Waals surface area contributed by atoms with E-state index >= 15 is 0 Å². The lowest BCUT2D eigenvalue weighted by Crippen LogP contribution is -2.47. The average molecular weight is 390 g/mol. The van der Waals surface area contributed by atoms with E-state index in [0.29, 0.717) is 12.2 Å². The van der Waals surface area contributed by atoms with Gasteiger partial charge in [-0.2, -0.15) is 0 Å². The second-order valence-electron chi connectivity index (χ2n) is 5.59. The molecule has 2 rings (SSSR count). The van der Waals surface area contributed by atoms with Crippen LogP contribution >= 0.6 is 11.8 Å². The van der Waals surface area contributed by atoms with E-state index in [4.69, 9.17) is 4.74 Å². The van der Waals surface area contributed by atoms with Crippen LogP contribution in [0.4, 0.5) is 4.39 Å². The molecule has 1 aliphatic rings. The van der Waals surface area contributed by atoms with Gasteiger partial charge in [-0.1, -0.05) is 0 Å². The van der Waals surface area contributed by atoms with Crippen molar-refractivity contribution in [3.63, 3.8) is 0 Å². The van der Waals surface area contributed by atoms with Crippen LogP contribution in [0.15, 0.2) is 24.3 Å². The number of rotatable bonds is 6. The summed E-state index contributed by atoms with van der Waals surface area (Å²) in [5.74, 6) is -0.796. The predicted octanol–water partition coefficient (Wildman–Crippen LogP) is 0.661. The van der Waals surface area contributed by atoms with Gasteiger partial charge in [0.15, 0.2) is 15.9 Å². The van der Waals surface area contributed by atoms with Crippen molar-refractivity contribution in [3.05, 3.63) is 30.1 Å². The van der Waals surface area contributed by atoms with Crippen molar-refractivity contribution in [2.45, 2.75) is 24.7 Å². The summed E-state index contributed by atoms with van der Waals surface area (Å²) in [5.41, 5.74) is 4.49. The molecular weight excluding hydrogens is 371 g/mol. The van der Waals surface area contributed by atoms with Gasteiger partial charge in [0.25, 0.3) is 5.91 Å². The lowest BCUT2D eigenvalue weighted by Gasteiger charge is -2.15. The van der Waals surface area contributed by atoms with E-state index in [1.807, 2.05) is 0 Å². The molecule has 2 atom stereocenters. The normalized spacial score (nSPS) is 19.8. The number of carbonyl (C=O) groups excluding carboxylic acids is 2. The first kappa shape index (κ1) is 19.5. The highest BCUT2D eigenvalue weighted by Crippen LogP contribution is 2.23. The van der Waals surface area contributed by atoms with E-state index in [-0.39, 0.29) is 22.5 Å². The van der Waals surface area contributed by atoms with E-state index in [1.165, 1.54) is 43.0 Å². The highest BCUT2D eigenvalue weighted by atomic mass is 32.2. The second kappa shape index (κ2) is 8.52. The Labute approximate surface area is 149 Å². The number of sulfone groups is 1. The predicted molar refractivity (Wildman–Crippen MR) is 92.3 cm³/mol. The zero-order valence-corrected chi connectivity index (χ0v) is 15.2. The molecule has 1 heterocycles. The molecule has 25 heavy (non-hydrogen) atoms. The van der Waals surface area contributed by atoms with Gasteiger partial charge >= 0.3 is 0 Å². The van der Waals surface area contributed by atoms with E-state index in [2.05, 4.69) is 10.9 Å². The van der Waals surface area contributed by atoms with Crippen molar-refractivity contribution in [2.24, 2.45) is 0 Å². The maximum atomic E-state index is 12.8. The summed E-state index contributed by atoms with van der Waals surface area (Å²) in [4.78, 5) is 23.6. The molecule has 10 heteroatoms. The third-order valence-electron chi connectivity index (χ3n) is 3.46. The maximum absolute atomic E-state index is 12.8. The van der Waals surface area contributed by atoms with Crippen molar-refractivity contribution in [1.29, 1.82) is 0 Å². The van der Waals surface area contributed by atoms with Crippen LogP contribution in [0.3, 0.4) is 0 Å². The SMILES string of the molecule is C[C@H](Oc1ccc(F)cc1)C(=O)NNC(=O)CS[C@H]1CCS(=O)(=O)C1. The van der Waals surface area contributed by atoms with Crippen LogP contribution in [0, 0.1) is 5.82 Å². The van der Waals surface area contributed by atoms with E-state index in [9.17, 15) is 22.4 Å². The van der Waals surface area contributed by atoms with Gasteiger partial charge in [0.1, 0.15) is 11.6 Å². The Morgan fingerprint density at radius 1 is 1.32 bits per heavy atom. The van der Waals surface area contributed by atoms with Crippen LogP contribution in [0.1, 0.15) is 13.3 Å². The van der Waals surface area contributed by atoms with E-state index < -0.39 is 33.6 Å². The standard InChI is InChI=1S/C15H19FN2O5S2/c1-10(23-12-4-2-11(16)3-5-12)15(20)18-17-14(19)8-24-13-6-7-25(21,22)9-13/h2-5,10,13H,6-9H2,1H3,(H,17,19)(H,18,20)/t10-,13-/m0/s1. The zero-order valence-electron chi connectivity index (χ0n) is 13.5. The molecule has 0 saturated carbocycles. The van der Waals surface area contributed by atoms with Crippen molar-refractivity contribution >= 4 is 33.4 Å². The summed E-state index contributed by atoms with van der Waals surface area (Å²) in [5, 5.41) is -0.0906. The fourth-order valence-electron chi connectivity index (χ4n) is 2.13. The molecule has 0 bridgehead atoms. The molecule has 0 aromatic heterocycles. The Hall–Kier alpha value is -1.81. The molecule has 0 radical (unpaired) electrons. The van der Waals surface area contributed by atoms with Crippen LogP contribution in [-0.4, -0.2) is 48.8 Å². The van der Waals surface area contributed by atoms with Crippen LogP contribution in [0.5, 0.6) is 5.75 Å². The molecule has 138 valence electrons. The molecule has 2 N–H and O–H groups in total. The monoisotopic (exact) mass is 390 g/mol. The van der Waals surface area contributed by atoms with Crippen LogP contribution in [0.25, 0.3) is 0 Å². The largest absolute Gasteiger partial charge is 0.481 e. The minimum absolute atomic E-state index is 0.0493. The Morgan fingerprint density at radius 2 is 2.00 bits per heavy atom. The van der Waals surface area contributed by atoms with Crippen molar-refractivity contribution in [3.8, 4) is 5.75 Å². The molecule has 0 unspecified atom stereocenters. The number of amides is 2.